The largest absolute Gasteiger partial charge is 0.480 e. The van der Waals surface area contributed by atoms with Crippen molar-refractivity contribution in [1.29, 1.82) is 0 Å². The number of aliphatic carboxylic acids is 1. The zero-order valence-corrected chi connectivity index (χ0v) is 10.6. The van der Waals surface area contributed by atoms with Gasteiger partial charge in [0.05, 0.1) is 13.2 Å². The molecular weight excluding hydrogens is 270 g/mol. The second-order valence-corrected chi connectivity index (χ2v) is 4.59. The van der Waals surface area contributed by atoms with Crippen LogP contribution in [0.25, 0.3) is 0 Å². The predicted molar refractivity (Wildman–Crippen MR) is 65.2 cm³/mol. The minimum absolute atomic E-state index is 0.0112. The van der Waals surface area contributed by atoms with E-state index < -0.39 is 28.9 Å². The fourth-order valence-corrected chi connectivity index (χ4v) is 2.32. The number of aliphatic hydroxyl groups excluding tert-OH is 1. The maximum Gasteiger partial charge on any atom is 0.326 e. The molecule has 1 aromatic heterocycles. The van der Waals surface area contributed by atoms with Crippen molar-refractivity contribution in [3.8, 4) is 0 Å². The zero-order chi connectivity index (χ0) is 15.0. The molecule has 0 radical (unpaired) electrons. The monoisotopic (exact) mass is 283 g/mol. The van der Waals surface area contributed by atoms with Crippen LogP contribution in [0.15, 0.2) is 12.1 Å². The van der Waals surface area contributed by atoms with Gasteiger partial charge in [-0.3, -0.25) is 4.79 Å². The lowest BCUT2D eigenvalue weighted by atomic mass is 10.2. The van der Waals surface area contributed by atoms with E-state index in [4.69, 9.17) is 5.11 Å². The van der Waals surface area contributed by atoms with Crippen molar-refractivity contribution in [1.82, 2.24) is 9.47 Å². The Hall–Kier alpha value is -2.42. The molecule has 2 rings (SSSR count). The molecule has 0 bridgehead atoms. The first-order chi connectivity index (χ1) is 9.32. The number of nitrogens with zero attached hydrogens (tertiary/aromatic N) is 3. The van der Waals surface area contributed by atoms with Crippen molar-refractivity contribution in [2.45, 2.75) is 18.6 Å². The first kappa shape index (κ1) is 14.0. The van der Waals surface area contributed by atoms with Gasteiger partial charge >= 0.3 is 11.8 Å². The number of carbonyl (C=O) groups excluding carboxylic acids is 1. The number of carboxylic acids is 1. The van der Waals surface area contributed by atoms with Gasteiger partial charge in [-0.1, -0.05) is 0 Å². The summed E-state index contributed by atoms with van der Waals surface area (Å²) < 4.78 is 1.09. The van der Waals surface area contributed by atoms with Crippen molar-refractivity contribution < 1.29 is 24.7 Å². The molecular formula is C11H13N3O6. The predicted octanol–water partition coefficient (Wildman–Crippen LogP) is -0.407. The number of β-amino-alcohol motifs (C(OH)–C–C–N with tert-alkyl or cyclic N) is 1. The van der Waals surface area contributed by atoms with Crippen LogP contribution in [0, 0.1) is 10.1 Å². The van der Waals surface area contributed by atoms with Gasteiger partial charge in [0.2, 0.25) is 0 Å². The number of carbonyl (C=O) groups is 2. The fourth-order valence-electron chi connectivity index (χ4n) is 2.32. The van der Waals surface area contributed by atoms with E-state index in [-0.39, 0.29) is 24.5 Å². The number of likely N-dealkylation sites (tertiary alicyclic amines) is 1. The second kappa shape index (κ2) is 4.93. The Kier molecular flexibility index (Phi) is 3.45. The summed E-state index contributed by atoms with van der Waals surface area (Å²) in [5, 5.41) is 29.3. The third-order valence-electron chi connectivity index (χ3n) is 3.33. The Labute approximate surface area is 113 Å². The number of hydrogen-bond donors (Lipinski definition) is 2. The van der Waals surface area contributed by atoms with E-state index in [2.05, 4.69) is 0 Å². The van der Waals surface area contributed by atoms with Gasteiger partial charge in [0, 0.05) is 19.0 Å². The lowest BCUT2D eigenvalue weighted by molar-refractivity contribution is -0.391. The van der Waals surface area contributed by atoms with Crippen LogP contribution in [-0.4, -0.2) is 55.2 Å². The topological polar surface area (TPSA) is 126 Å². The summed E-state index contributed by atoms with van der Waals surface area (Å²) in [6.07, 6.45) is -0.955. The van der Waals surface area contributed by atoms with Crippen molar-refractivity contribution in [3.63, 3.8) is 0 Å². The molecule has 9 heteroatoms. The first-order valence-electron chi connectivity index (χ1n) is 5.85. The van der Waals surface area contributed by atoms with Gasteiger partial charge in [0.1, 0.15) is 6.04 Å². The average molecular weight is 283 g/mol. The van der Waals surface area contributed by atoms with Crippen LogP contribution in [0.3, 0.4) is 0 Å². The number of carboxylic acid groups (broad SMARTS) is 1. The Morgan fingerprint density at radius 1 is 1.45 bits per heavy atom. The minimum Gasteiger partial charge on any atom is -0.480 e. The van der Waals surface area contributed by atoms with Gasteiger partial charge in [-0.2, -0.15) is 0 Å². The normalized spacial score (nSPS) is 22.0. The van der Waals surface area contributed by atoms with Crippen LogP contribution in [0.2, 0.25) is 0 Å². The Balaban J connectivity index is 2.31. The highest BCUT2D eigenvalue weighted by molar-refractivity contribution is 5.96. The lowest BCUT2D eigenvalue weighted by Crippen LogP contribution is -2.41. The second-order valence-electron chi connectivity index (χ2n) is 4.59. The van der Waals surface area contributed by atoms with Crippen LogP contribution >= 0.6 is 0 Å². The molecule has 20 heavy (non-hydrogen) atoms. The molecule has 2 N–H and O–H groups in total. The summed E-state index contributed by atoms with van der Waals surface area (Å²) in [6.45, 7) is -0.102. The van der Waals surface area contributed by atoms with E-state index in [1.807, 2.05) is 0 Å². The molecule has 0 unspecified atom stereocenters. The van der Waals surface area contributed by atoms with Crippen LogP contribution in [0.5, 0.6) is 0 Å². The van der Waals surface area contributed by atoms with E-state index >= 15 is 0 Å². The third-order valence-corrected chi connectivity index (χ3v) is 3.33. The highest BCUT2D eigenvalue weighted by Crippen LogP contribution is 2.23. The molecule has 108 valence electrons. The van der Waals surface area contributed by atoms with E-state index in [0.29, 0.717) is 0 Å². The van der Waals surface area contributed by atoms with E-state index in [9.17, 15) is 24.8 Å². The fraction of sp³-hybridized carbons (Fsp3) is 0.455. The number of amides is 1. The molecule has 1 fully saturated rings. The smallest absolute Gasteiger partial charge is 0.326 e. The van der Waals surface area contributed by atoms with E-state index in [0.717, 1.165) is 9.47 Å². The molecule has 1 aliphatic rings. The lowest BCUT2D eigenvalue weighted by Gasteiger charge is -2.19. The molecule has 0 saturated carbocycles. The molecule has 1 aromatic rings. The molecule has 2 heterocycles. The minimum atomic E-state index is -1.21. The first-order valence-corrected chi connectivity index (χ1v) is 5.85. The SMILES string of the molecule is Cn1c(C(=O)N2C[C@@H](O)C[C@H]2C(=O)O)ccc1[N+](=O)[O-]. The van der Waals surface area contributed by atoms with E-state index in [1.165, 1.54) is 19.2 Å². The Bertz CT molecular complexity index is 581. The molecule has 1 aliphatic heterocycles. The van der Waals surface area contributed by atoms with Gasteiger partial charge in [-0.15, -0.1) is 0 Å². The van der Waals surface area contributed by atoms with Crippen LogP contribution in [0.4, 0.5) is 5.82 Å². The summed E-state index contributed by atoms with van der Waals surface area (Å²) in [5.74, 6) is -2.12. The van der Waals surface area contributed by atoms with Gasteiger partial charge in [0.15, 0.2) is 5.69 Å². The maximum atomic E-state index is 12.3. The quantitative estimate of drug-likeness (QED) is 0.574. The molecule has 2 atom stereocenters. The zero-order valence-electron chi connectivity index (χ0n) is 10.6. The van der Waals surface area contributed by atoms with Crippen LogP contribution in [0.1, 0.15) is 16.9 Å². The average Bonchev–Trinajstić information content (AvgIpc) is 2.91. The van der Waals surface area contributed by atoms with Gasteiger partial charge < -0.3 is 25.2 Å². The standard InChI is InChI=1S/C11H13N3O6/c1-12-7(2-3-9(12)14(19)20)10(16)13-5-6(15)4-8(13)11(17)18/h2-3,6,8,15H,4-5H2,1H3,(H,17,18)/t6-,8-/m0/s1. The van der Waals surface area contributed by atoms with Crippen molar-refractivity contribution in [3.05, 3.63) is 27.9 Å². The molecule has 0 spiro atoms. The molecule has 1 amide bonds. The number of aromatic nitrogens is 1. The Morgan fingerprint density at radius 3 is 2.60 bits per heavy atom. The van der Waals surface area contributed by atoms with Gasteiger partial charge in [-0.05, 0) is 11.0 Å². The molecule has 0 aliphatic carbocycles. The van der Waals surface area contributed by atoms with Gasteiger partial charge in [-0.25, -0.2) is 9.36 Å². The van der Waals surface area contributed by atoms with Crippen LogP contribution in [-0.2, 0) is 11.8 Å². The van der Waals surface area contributed by atoms with Crippen molar-refractivity contribution in [2.75, 3.05) is 6.54 Å². The van der Waals surface area contributed by atoms with Crippen LogP contribution < -0.4 is 0 Å². The number of nitro groups is 1. The molecule has 9 nitrogen and oxygen atoms in total. The summed E-state index contributed by atoms with van der Waals surface area (Å²) in [5.41, 5.74) is 0.0112. The summed E-state index contributed by atoms with van der Waals surface area (Å²) in [4.78, 5) is 34.5. The highest BCUT2D eigenvalue weighted by atomic mass is 16.6. The van der Waals surface area contributed by atoms with Gasteiger partial charge in [0.25, 0.3) is 5.91 Å². The number of aliphatic hydroxyl groups is 1. The van der Waals surface area contributed by atoms with Crippen molar-refractivity contribution in [2.24, 2.45) is 7.05 Å². The molecule has 0 aromatic carbocycles. The maximum absolute atomic E-state index is 12.3. The summed E-state index contributed by atoms with van der Waals surface area (Å²) in [7, 11) is 1.35. The number of rotatable bonds is 3. The number of hydrogen-bond acceptors (Lipinski definition) is 5. The Morgan fingerprint density at radius 2 is 2.10 bits per heavy atom. The highest BCUT2D eigenvalue weighted by Gasteiger charge is 2.41. The third kappa shape index (κ3) is 2.23. The summed E-state index contributed by atoms with van der Waals surface area (Å²) >= 11 is 0. The summed E-state index contributed by atoms with van der Waals surface area (Å²) in [6, 6.07) is 1.33. The van der Waals surface area contributed by atoms with Crippen molar-refractivity contribution >= 4 is 17.7 Å². The molecule has 1 saturated heterocycles. The van der Waals surface area contributed by atoms with E-state index in [1.54, 1.807) is 0 Å².